The van der Waals surface area contributed by atoms with Gasteiger partial charge in [-0.25, -0.2) is 5.43 Å². The van der Waals surface area contributed by atoms with E-state index >= 15 is 0 Å². The van der Waals surface area contributed by atoms with E-state index in [0.29, 0.717) is 5.02 Å². The zero-order valence-electron chi connectivity index (χ0n) is 12.3. The van der Waals surface area contributed by atoms with Gasteiger partial charge in [0.05, 0.1) is 12.3 Å². The van der Waals surface area contributed by atoms with Crippen molar-refractivity contribution in [3.05, 3.63) is 52.3 Å². The first-order chi connectivity index (χ1) is 10.5. The Bertz CT molecular complexity index is 754. The molecule has 1 N–H and O–H groups in total. The number of hydrogen-bond donors (Lipinski definition) is 1. The highest BCUT2D eigenvalue weighted by Gasteiger charge is 2.09. The van der Waals surface area contributed by atoms with Crippen molar-refractivity contribution in [2.45, 2.75) is 20.3 Å². The maximum atomic E-state index is 11.2. The second-order valence-electron chi connectivity index (χ2n) is 4.77. The maximum absolute atomic E-state index is 11.2. The molecular formula is C16H15ClN4O. The number of halogens is 1. The number of aryl methyl sites for hydroxylation is 1. The molecule has 0 unspecified atom stereocenters. The highest BCUT2D eigenvalue weighted by molar-refractivity contribution is 6.30. The number of nitriles is 1. The van der Waals surface area contributed by atoms with Crippen LogP contribution in [0.3, 0.4) is 0 Å². The van der Waals surface area contributed by atoms with Gasteiger partial charge < -0.3 is 4.57 Å². The van der Waals surface area contributed by atoms with Crippen LogP contribution in [0.25, 0.3) is 5.69 Å². The fourth-order valence-electron chi connectivity index (χ4n) is 2.19. The predicted molar refractivity (Wildman–Crippen MR) is 86.2 cm³/mol. The quantitative estimate of drug-likeness (QED) is 0.696. The summed E-state index contributed by atoms with van der Waals surface area (Å²) in [6.07, 6.45) is 1.37. The normalized spacial score (nSPS) is 10.6. The van der Waals surface area contributed by atoms with Gasteiger partial charge >= 0.3 is 0 Å². The minimum Gasteiger partial charge on any atom is -0.318 e. The number of benzene rings is 1. The summed E-state index contributed by atoms with van der Waals surface area (Å²) < 4.78 is 2.08. The Hall–Kier alpha value is -2.58. The molecule has 2 rings (SSSR count). The molecule has 0 bridgehead atoms. The SMILES string of the molecule is Cc1cc(/C=N\NC(=O)CC#N)c(C)n1-c1ccc(Cl)cc1. The van der Waals surface area contributed by atoms with Gasteiger partial charge in [-0.1, -0.05) is 11.6 Å². The van der Waals surface area contributed by atoms with Crippen LogP contribution in [-0.4, -0.2) is 16.7 Å². The average Bonchev–Trinajstić information content (AvgIpc) is 2.75. The fourth-order valence-corrected chi connectivity index (χ4v) is 2.32. The van der Waals surface area contributed by atoms with Gasteiger partial charge in [-0.3, -0.25) is 4.79 Å². The van der Waals surface area contributed by atoms with Gasteiger partial charge in [-0.2, -0.15) is 10.4 Å². The van der Waals surface area contributed by atoms with E-state index in [1.54, 1.807) is 12.3 Å². The molecule has 0 radical (unpaired) electrons. The molecule has 2 aromatic rings. The first-order valence-electron chi connectivity index (χ1n) is 6.66. The van der Waals surface area contributed by atoms with Crippen LogP contribution in [0.2, 0.25) is 5.02 Å². The standard InChI is InChI=1S/C16H15ClN4O/c1-11-9-13(10-19-20-16(22)7-8-18)12(2)21(11)15-5-3-14(17)4-6-15/h3-6,9-10H,7H2,1-2H3,(H,20,22)/b19-10-. The zero-order chi connectivity index (χ0) is 16.1. The lowest BCUT2D eigenvalue weighted by molar-refractivity contribution is -0.120. The molecule has 22 heavy (non-hydrogen) atoms. The van der Waals surface area contributed by atoms with Gasteiger partial charge in [0.1, 0.15) is 6.42 Å². The van der Waals surface area contributed by atoms with Crippen LogP contribution in [0.4, 0.5) is 0 Å². The molecule has 1 amide bonds. The topological polar surface area (TPSA) is 70.2 Å². The largest absolute Gasteiger partial charge is 0.318 e. The molecule has 1 aromatic carbocycles. The van der Waals surface area contributed by atoms with E-state index < -0.39 is 5.91 Å². The molecule has 1 heterocycles. The number of nitrogens with one attached hydrogen (secondary N) is 1. The Kier molecular flexibility index (Phi) is 4.97. The van der Waals surface area contributed by atoms with Crippen LogP contribution in [-0.2, 0) is 4.79 Å². The number of amides is 1. The molecule has 0 aliphatic heterocycles. The van der Waals surface area contributed by atoms with Crippen molar-refractivity contribution in [2.24, 2.45) is 5.10 Å². The Morgan fingerprint density at radius 2 is 2.09 bits per heavy atom. The fraction of sp³-hybridized carbons (Fsp3) is 0.188. The van der Waals surface area contributed by atoms with Gasteiger partial charge in [0.25, 0.3) is 5.91 Å². The Morgan fingerprint density at radius 3 is 2.73 bits per heavy atom. The summed E-state index contributed by atoms with van der Waals surface area (Å²) in [7, 11) is 0. The lowest BCUT2D eigenvalue weighted by Gasteiger charge is -2.09. The molecule has 0 saturated carbocycles. The molecule has 6 heteroatoms. The Morgan fingerprint density at radius 1 is 1.41 bits per heavy atom. The number of aromatic nitrogens is 1. The highest BCUT2D eigenvalue weighted by Crippen LogP contribution is 2.21. The number of hydrazone groups is 1. The van der Waals surface area contributed by atoms with Crippen LogP contribution in [0.1, 0.15) is 23.4 Å². The summed E-state index contributed by atoms with van der Waals surface area (Å²) in [5.74, 6) is -0.426. The van der Waals surface area contributed by atoms with Crippen LogP contribution in [0.5, 0.6) is 0 Å². The Labute approximate surface area is 133 Å². The zero-order valence-corrected chi connectivity index (χ0v) is 13.1. The number of rotatable bonds is 4. The molecule has 0 atom stereocenters. The van der Waals surface area contributed by atoms with Crippen LogP contribution < -0.4 is 5.43 Å². The molecule has 0 spiro atoms. The second-order valence-corrected chi connectivity index (χ2v) is 5.20. The molecule has 5 nitrogen and oxygen atoms in total. The first-order valence-corrected chi connectivity index (χ1v) is 7.04. The van der Waals surface area contributed by atoms with E-state index in [1.165, 1.54) is 0 Å². The lowest BCUT2D eigenvalue weighted by atomic mass is 10.2. The van der Waals surface area contributed by atoms with E-state index in [4.69, 9.17) is 16.9 Å². The van der Waals surface area contributed by atoms with Crippen molar-refractivity contribution < 1.29 is 4.79 Å². The molecular weight excluding hydrogens is 300 g/mol. The third kappa shape index (κ3) is 3.54. The number of nitrogens with zero attached hydrogens (tertiary/aromatic N) is 3. The minimum absolute atomic E-state index is 0.207. The summed E-state index contributed by atoms with van der Waals surface area (Å²) in [5, 5.41) is 13.0. The lowest BCUT2D eigenvalue weighted by Crippen LogP contribution is -2.16. The van der Waals surface area contributed by atoms with E-state index in [9.17, 15) is 4.79 Å². The van der Waals surface area contributed by atoms with E-state index in [1.807, 2.05) is 44.2 Å². The van der Waals surface area contributed by atoms with Gasteiger partial charge in [-0.15, -0.1) is 0 Å². The van der Waals surface area contributed by atoms with Gasteiger partial charge in [-0.05, 0) is 44.2 Å². The second kappa shape index (κ2) is 6.92. The van der Waals surface area contributed by atoms with Crippen molar-refractivity contribution in [3.8, 4) is 11.8 Å². The summed E-state index contributed by atoms with van der Waals surface area (Å²) in [5.41, 5.74) is 6.26. The smallest absolute Gasteiger partial charge is 0.254 e. The predicted octanol–water partition coefficient (Wildman–Crippen LogP) is 3.11. The van der Waals surface area contributed by atoms with E-state index in [2.05, 4.69) is 15.1 Å². The van der Waals surface area contributed by atoms with E-state index in [-0.39, 0.29) is 6.42 Å². The molecule has 1 aromatic heterocycles. The number of carbonyl (C=O) groups excluding carboxylic acids is 1. The highest BCUT2D eigenvalue weighted by atomic mass is 35.5. The summed E-state index contributed by atoms with van der Waals surface area (Å²) in [4.78, 5) is 11.2. The maximum Gasteiger partial charge on any atom is 0.254 e. The molecule has 0 aliphatic rings. The monoisotopic (exact) mass is 314 g/mol. The number of carbonyl (C=O) groups is 1. The number of hydrogen-bond acceptors (Lipinski definition) is 3. The summed E-state index contributed by atoms with van der Waals surface area (Å²) in [6, 6.07) is 11.3. The molecule has 0 aliphatic carbocycles. The van der Waals surface area contributed by atoms with Gasteiger partial charge in [0.15, 0.2) is 0 Å². The van der Waals surface area contributed by atoms with Crippen molar-refractivity contribution in [1.29, 1.82) is 5.26 Å². The minimum atomic E-state index is -0.426. The molecule has 112 valence electrons. The van der Waals surface area contributed by atoms with Gasteiger partial charge in [0.2, 0.25) is 0 Å². The third-order valence-electron chi connectivity index (χ3n) is 3.19. The Balaban J connectivity index is 2.24. The van der Waals surface area contributed by atoms with E-state index in [0.717, 1.165) is 22.6 Å². The van der Waals surface area contributed by atoms with Crippen molar-refractivity contribution >= 4 is 23.7 Å². The van der Waals surface area contributed by atoms with Crippen molar-refractivity contribution in [2.75, 3.05) is 0 Å². The summed E-state index contributed by atoms with van der Waals surface area (Å²) in [6.45, 7) is 3.97. The van der Waals surface area contributed by atoms with Crippen LogP contribution in [0.15, 0.2) is 35.4 Å². The van der Waals surface area contributed by atoms with Crippen molar-refractivity contribution in [1.82, 2.24) is 9.99 Å². The average molecular weight is 315 g/mol. The third-order valence-corrected chi connectivity index (χ3v) is 3.44. The summed E-state index contributed by atoms with van der Waals surface area (Å²) >= 11 is 5.91. The molecule has 0 fully saturated rings. The van der Waals surface area contributed by atoms with Crippen LogP contribution >= 0.6 is 11.6 Å². The molecule has 0 saturated heterocycles. The first kappa shape index (κ1) is 15.8. The van der Waals surface area contributed by atoms with Crippen LogP contribution in [0, 0.1) is 25.2 Å². The van der Waals surface area contributed by atoms with Gasteiger partial charge in [0, 0.05) is 27.7 Å². The van der Waals surface area contributed by atoms with Crippen molar-refractivity contribution in [3.63, 3.8) is 0 Å².